The van der Waals surface area contributed by atoms with E-state index in [1.165, 1.54) is 51.4 Å². The van der Waals surface area contributed by atoms with Crippen LogP contribution in [0.5, 0.6) is 0 Å². The highest BCUT2D eigenvalue weighted by Gasteiger charge is 2.60. The molecule has 0 spiro atoms. The molecule has 0 amide bonds. The van der Waals surface area contributed by atoms with Gasteiger partial charge in [0.05, 0.1) is 25.4 Å². The van der Waals surface area contributed by atoms with E-state index in [2.05, 4.69) is 18.0 Å². The van der Waals surface area contributed by atoms with Crippen molar-refractivity contribution in [3.05, 3.63) is 0 Å². The first-order valence-electron chi connectivity index (χ1n) is 14.8. The van der Waals surface area contributed by atoms with Crippen molar-refractivity contribution >= 4 is 28.6 Å². The standard InChI is InChI=1S/C29H42O5S2/c1-13(30)36-17-9-19-15-4-23(21(19)10-17)25(6-15)34-27-12-32-28-26(11-31-29(27)28)33-24-5-14-3-22(24)20-8-16(35-2)7-18(14)20/h14-29H,3-12H2,1-2H3. The molecule has 4 bridgehead atoms. The predicted molar refractivity (Wildman–Crippen MR) is 141 cm³/mol. The van der Waals surface area contributed by atoms with Crippen LogP contribution in [-0.4, -0.2) is 71.7 Å². The van der Waals surface area contributed by atoms with Crippen LogP contribution in [-0.2, 0) is 23.7 Å². The minimum absolute atomic E-state index is 0.0354. The van der Waals surface area contributed by atoms with Gasteiger partial charge in [-0.05, 0) is 105 Å². The van der Waals surface area contributed by atoms with E-state index in [-0.39, 0.29) is 29.5 Å². The molecule has 2 saturated heterocycles. The third-order valence-corrected chi connectivity index (χ3v) is 14.2. The summed E-state index contributed by atoms with van der Waals surface area (Å²) in [5.74, 6) is 6.58. The molecule has 8 rings (SSSR count). The number of carbonyl (C=O) groups excluding carboxylic acids is 1. The van der Waals surface area contributed by atoms with Gasteiger partial charge in [-0.3, -0.25) is 4.79 Å². The fourth-order valence-corrected chi connectivity index (χ4v) is 12.8. The van der Waals surface area contributed by atoms with Gasteiger partial charge in [0.2, 0.25) is 0 Å². The fraction of sp³-hybridized carbons (Fsp3) is 0.966. The summed E-state index contributed by atoms with van der Waals surface area (Å²) in [5.41, 5.74) is 0. The van der Waals surface area contributed by atoms with E-state index in [0.717, 1.165) is 46.7 Å². The van der Waals surface area contributed by atoms with Crippen LogP contribution in [0.2, 0.25) is 0 Å². The lowest BCUT2D eigenvalue weighted by atomic mass is 9.80. The molecule has 2 heterocycles. The fourth-order valence-electron chi connectivity index (χ4n) is 10.9. The highest BCUT2D eigenvalue weighted by molar-refractivity contribution is 8.14. The summed E-state index contributed by atoms with van der Waals surface area (Å²) in [7, 11) is 0. The minimum atomic E-state index is 0.0354. The molecule has 6 saturated carbocycles. The van der Waals surface area contributed by atoms with E-state index in [4.69, 9.17) is 18.9 Å². The van der Waals surface area contributed by atoms with Gasteiger partial charge < -0.3 is 18.9 Å². The average molecular weight is 535 g/mol. The molecule has 16 unspecified atom stereocenters. The molecule has 0 aromatic rings. The van der Waals surface area contributed by atoms with Crippen molar-refractivity contribution in [1.82, 2.24) is 0 Å². The second kappa shape index (κ2) is 9.12. The molecule has 5 nitrogen and oxygen atoms in total. The van der Waals surface area contributed by atoms with E-state index in [1.807, 2.05) is 0 Å². The Kier molecular flexibility index (Phi) is 6.09. The number of carbonyl (C=O) groups is 1. The molecule has 0 aromatic carbocycles. The van der Waals surface area contributed by atoms with E-state index >= 15 is 0 Å². The average Bonchev–Trinajstić information content (AvgIpc) is 3.65. The molecule has 7 heteroatoms. The zero-order valence-electron chi connectivity index (χ0n) is 21.7. The Morgan fingerprint density at radius 3 is 1.67 bits per heavy atom. The van der Waals surface area contributed by atoms with Gasteiger partial charge >= 0.3 is 0 Å². The molecule has 8 aliphatic rings. The van der Waals surface area contributed by atoms with E-state index in [9.17, 15) is 4.79 Å². The van der Waals surface area contributed by atoms with Gasteiger partial charge in [-0.15, -0.1) is 0 Å². The number of hydrogen-bond donors (Lipinski definition) is 0. The van der Waals surface area contributed by atoms with E-state index < -0.39 is 0 Å². The zero-order chi connectivity index (χ0) is 24.1. The van der Waals surface area contributed by atoms with Gasteiger partial charge in [0.25, 0.3) is 0 Å². The van der Waals surface area contributed by atoms with Crippen molar-refractivity contribution in [2.45, 2.75) is 105 Å². The predicted octanol–water partition coefficient (Wildman–Crippen LogP) is 4.80. The quantitative estimate of drug-likeness (QED) is 0.485. The number of rotatable bonds is 6. The number of thioether (sulfide) groups is 2. The second-order valence-electron chi connectivity index (χ2n) is 13.5. The number of hydrogen-bond acceptors (Lipinski definition) is 7. The summed E-state index contributed by atoms with van der Waals surface area (Å²) >= 11 is 3.67. The number of fused-ring (bicyclic) bond motifs is 11. The summed E-state index contributed by atoms with van der Waals surface area (Å²) in [6, 6.07) is 0. The number of ether oxygens (including phenoxy) is 4. The van der Waals surface area contributed by atoms with Crippen LogP contribution >= 0.6 is 23.5 Å². The summed E-state index contributed by atoms with van der Waals surface area (Å²) in [6.45, 7) is 3.03. The molecule has 8 fully saturated rings. The lowest BCUT2D eigenvalue weighted by Crippen LogP contribution is -2.41. The van der Waals surface area contributed by atoms with Crippen molar-refractivity contribution < 1.29 is 23.7 Å². The Morgan fingerprint density at radius 2 is 1.14 bits per heavy atom. The van der Waals surface area contributed by atoms with Gasteiger partial charge in [0, 0.05) is 17.4 Å². The summed E-state index contributed by atoms with van der Waals surface area (Å²) < 4.78 is 26.3. The third-order valence-electron chi connectivity index (χ3n) is 12.1. The molecule has 2 aliphatic heterocycles. The van der Waals surface area contributed by atoms with Crippen LogP contribution in [0.3, 0.4) is 0 Å². The smallest absolute Gasteiger partial charge is 0.186 e. The molecule has 0 N–H and O–H groups in total. The summed E-state index contributed by atoms with van der Waals surface area (Å²) in [4.78, 5) is 11.6. The topological polar surface area (TPSA) is 54.0 Å². The molecule has 36 heavy (non-hydrogen) atoms. The molecule has 0 aromatic heterocycles. The largest absolute Gasteiger partial charge is 0.370 e. The molecule has 16 atom stereocenters. The van der Waals surface area contributed by atoms with Crippen molar-refractivity contribution in [3.8, 4) is 0 Å². The Labute approximate surface area is 224 Å². The third kappa shape index (κ3) is 3.76. The minimum Gasteiger partial charge on any atom is -0.370 e. The van der Waals surface area contributed by atoms with Crippen LogP contribution in [0.15, 0.2) is 0 Å². The Morgan fingerprint density at radius 1 is 0.639 bits per heavy atom. The van der Waals surface area contributed by atoms with Gasteiger partial charge in [0.1, 0.15) is 24.4 Å². The van der Waals surface area contributed by atoms with E-state index in [1.54, 1.807) is 18.7 Å². The first-order chi connectivity index (χ1) is 17.6. The van der Waals surface area contributed by atoms with Crippen LogP contribution in [0.25, 0.3) is 0 Å². The van der Waals surface area contributed by atoms with Crippen molar-refractivity contribution in [2.24, 2.45) is 47.3 Å². The van der Waals surface area contributed by atoms with Crippen molar-refractivity contribution in [3.63, 3.8) is 0 Å². The molecular formula is C29H42O5S2. The van der Waals surface area contributed by atoms with Crippen molar-refractivity contribution in [1.29, 1.82) is 0 Å². The summed E-state index contributed by atoms with van der Waals surface area (Å²) in [6.07, 6.45) is 13.7. The Bertz CT molecular complexity index is 886. The van der Waals surface area contributed by atoms with Gasteiger partial charge in [-0.1, -0.05) is 11.8 Å². The first-order valence-corrected chi connectivity index (χ1v) is 17.0. The van der Waals surface area contributed by atoms with Crippen LogP contribution in [0.1, 0.15) is 58.3 Å². The maximum Gasteiger partial charge on any atom is 0.186 e. The SMILES string of the molecule is CSC1CC2C3CC(OC4COC5C(OC6CC7CC6C6CC(SC(C)=O)CC76)COC45)C(C3)C2C1. The van der Waals surface area contributed by atoms with Gasteiger partial charge in [-0.25, -0.2) is 0 Å². The molecular weight excluding hydrogens is 492 g/mol. The molecule has 200 valence electrons. The Hall–Kier alpha value is 0.210. The van der Waals surface area contributed by atoms with Crippen LogP contribution < -0.4 is 0 Å². The van der Waals surface area contributed by atoms with E-state index in [0.29, 0.717) is 36.6 Å². The lowest BCUT2D eigenvalue weighted by molar-refractivity contribution is -0.111. The van der Waals surface area contributed by atoms with Gasteiger partial charge in [0.15, 0.2) is 5.12 Å². The normalized spacial score (nSPS) is 58.1. The summed E-state index contributed by atoms with van der Waals surface area (Å²) in [5, 5.41) is 1.69. The van der Waals surface area contributed by atoms with Crippen LogP contribution in [0, 0.1) is 47.3 Å². The Balaban J connectivity index is 0.869. The molecule has 6 aliphatic carbocycles. The zero-order valence-corrected chi connectivity index (χ0v) is 23.3. The highest BCUT2D eigenvalue weighted by Crippen LogP contribution is 2.62. The maximum atomic E-state index is 11.6. The first kappa shape index (κ1) is 24.0. The molecule has 0 radical (unpaired) electrons. The second-order valence-corrected chi connectivity index (χ2v) is 16.1. The van der Waals surface area contributed by atoms with Crippen LogP contribution in [0.4, 0.5) is 0 Å². The van der Waals surface area contributed by atoms with Crippen molar-refractivity contribution in [2.75, 3.05) is 19.5 Å². The van der Waals surface area contributed by atoms with Gasteiger partial charge in [-0.2, -0.15) is 11.8 Å². The lowest BCUT2D eigenvalue weighted by Gasteiger charge is -2.34. The monoisotopic (exact) mass is 534 g/mol. The maximum absolute atomic E-state index is 11.6. The highest BCUT2D eigenvalue weighted by atomic mass is 32.2.